The molecule has 0 fully saturated rings. The number of hydrogen-bond acceptors (Lipinski definition) is 4. The molecule has 0 radical (unpaired) electrons. The van der Waals surface area contributed by atoms with Crippen LogP contribution in [0.5, 0.6) is 0 Å². The van der Waals surface area contributed by atoms with Gasteiger partial charge >= 0.3 is 0 Å². The second kappa shape index (κ2) is 5.29. The minimum Gasteiger partial charge on any atom is -0.371 e. The van der Waals surface area contributed by atoms with Crippen molar-refractivity contribution in [2.45, 2.75) is 19.8 Å². The van der Waals surface area contributed by atoms with E-state index in [1.165, 1.54) is 0 Å². The molecule has 0 aliphatic rings. The highest BCUT2D eigenvalue weighted by molar-refractivity contribution is 5.96. The third-order valence-electron chi connectivity index (χ3n) is 2.01. The zero-order valence-electron chi connectivity index (χ0n) is 9.29. The molecular formula is C10H16N4O. The van der Waals surface area contributed by atoms with E-state index in [9.17, 15) is 4.79 Å². The van der Waals surface area contributed by atoms with Gasteiger partial charge in [-0.3, -0.25) is 4.79 Å². The Kier molecular flexibility index (Phi) is 4.03. The highest BCUT2D eigenvalue weighted by Crippen LogP contribution is 2.10. The summed E-state index contributed by atoms with van der Waals surface area (Å²) in [5.41, 5.74) is 1.20. The van der Waals surface area contributed by atoms with Gasteiger partial charge in [-0.15, -0.1) is 0 Å². The molecule has 0 atom stereocenters. The fourth-order valence-electron chi connectivity index (χ4n) is 1.26. The summed E-state index contributed by atoms with van der Waals surface area (Å²) in [5.74, 6) is 0.291. The zero-order valence-corrected chi connectivity index (χ0v) is 9.29. The SMILES string of the molecule is CCCc1cnc(NC)c(C(=O)NC)n1. The largest absolute Gasteiger partial charge is 0.371 e. The molecule has 0 aliphatic heterocycles. The predicted molar refractivity (Wildman–Crippen MR) is 59.0 cm³/mol. The minimum atomic E-state index is -0.218. The fourth-order valence-corrected chi connectivity index (χ4v) is 1.26. The van der Waals surface area contributed by atoms with E-state index in [0.717, 1.165) is 18.5 Å². The molecule has 1 heterocycles. The van der Waals surface area contributed by atoms with E-state index in [1.54, 1.807) is 20.3 Å². The van der Waals surface area contributed by atoms with Gasteiger partial charge in [0.15, 0.2) is 11.5 Å². The van der Waals surface area contributed by atoms with E-state index in [1.807, 2.05) is 0 Å². The number of carbonyl (C=O) groups is 1. The molecule has 2 N–H and O–H groups in total. The normalized spacial score (nSPS) is 9.80. The summed E-state index contributed by atoms with van der Waals surface area (Å²) in [6.07, 6.45) is 3.52. The molecule has 5 heteroatoms. The number of carbonyl (C=O) groups excluding carboxylic acids is 1. The lowest BCUT2D eigenvalue weighted by Gasteiger charge is -2.07. The number of aryl methyl sites for hydroxylation is 1. The van der Waals surface area contributed by atoms with Gasteiger partial charge in [-0.05, 0) is 6.42 Å². The Morgan fingerprint density at radius 1 is 1.47 bits per heavy atom. The van der Waals surface area contributed by atoms with E-state index in [2.05, 4.69) is 27.5 Å². The number of amides is 1. The Hall–Kier alpha value is -1.65. The van der Waals surface area contributed by atoms with Crippen molar-refractivity contribution in [3.63, 3.8) is 0 Å². The molecule has 0 saturated heterocycles. The maximum atomic E-state index is 11.5. The quantitative estimate of drug-likeness (QED) is 0.769. The van der Waals surface area contributed by atoms with E-state index in [4.69, 9.17) is 0 Å². The van der Waals surface area contributed by atoms with Gasteiger partial charge in [0.05, 0.1) is 11.9 Å². The van der Waals surface area contributed by atoms with Crippen molar-refractivity contribution < 1.29 is 4.79 Å². The van der Waals surface area contributed by atoms with Crippen LogP contribution >= 0.6 is 0 Å². The van der Waals surface area contributed by atoms with E-state index in [0.29, 0.717) is 11.5 Å². The lowest BCUT2D eigenvalue weighted by molar-refractivity contribution is 0.0958. The second-order valence-electron chi connectivity index (χ2n) is 3.14. The molecule has 5 nitrogen and oxygen atoms in total. The first-order valence-corrected chi connectivity index (χ1v) is 4.98. The number of anilines is 1. The molecule has 82 valence electrons. The summed E-state index contributed by atoms with van der Waals surface area (Å²) >= 11 is 0. The summed E-state index contributed by atoms with van der Waals surface area (Å²) in [6, 6.07) is 0. The standard InChI is InChI=1S/C10H16N4O/c1-4-5-7-6-13-9(11-2)8(14-7)10(15)12-3/h6H,4-5H2,1-3H3,(H,11,13)(H,12,15). The predicted octanol–water partition coefficient (Wildman–Crippen LogP) is 0.830. The molecule has 1 rings (SSSR count). The summed E-state index contributed by atoms with van der Waals surface area (Å²) in [5, 5.41) is 5.39. The van der Waals surface area contributed by atoms with Crippen molar-refractivity contribution in [3.8, 4) is 0 Å². The van der Waals surface area contributed by atoms with Crippen molar-refractivity contribution in [3.05, 3.63) is 17.6 Å². The third-order valence-corrected chi connectivity index (χ3v) is 2.01. The van der Waals surface area contributed by atoms with Crippen molar-refractivity contribution >= 4 is 11.7 Å². The first kappa shape index (κ1) is 11.4. The van der Waals surface area contributed by atoms with Crippen molar-refractivity contribution in [2.75, 3.05) is 19.4 Å². The first-order valence-electron chi connectivity index (χ1n) is 4.98. The molecule has 0 bridgehead atoms. The van der Waals surface area contributed by atoms with Crippen LogP contribution in [-0.4, -0.2) is 30.0 Å². The lowest BCUT2D eigenvalue weighted by Crippen LogP contribution is -2.22. The Bertz CT molecular complexity index is 351. The Balaban J connectivity index is 3.07. The van der Waals surface area contributed by atoms with Gasteiger partial charge in [0.1, 0.15) is 0 Å². The van der Waals surface area contributed by atoms with E-state index >= 15 is 0 Å². The van der Waals surface area contributed by atoms with E-state index in [-0.39, 0.29) is 5.91 Å². The van der Waals surface area contributed by atoms with Gasteiger partial charge in [-0.25, -0.2) is 9.97 Å². The van der Waals surface area contributed by atoms with Gasteiger partial charge in [-0.2, -0.15) is 0 Å². The molecule has 0 spiro atoms. The zero-order chi connectivity index (χ0) is 11.3. The summed E-state index contributed by atoms with van der Waals surface area (Å²) in [4.78, 5) is 19.9. The third kappa shape index (κ3) is 2.65. The number of aromatic nitrogens is 2. The van der Waals surface area contributed by atoms with Crippen molar-refractivity contribution in [1.29, 1.82) is 0 Å². The summed E-state index contributed by atoms with van der Waals surface area (Å²) in [6.45, 7) is 2.06. The van der Waals surface area contributed by atoms with Gasteiger partial charge in [-0.1, -0.05) is 13.3 Å². The van der Waals surface area contributed by atoms with Crippen molar-refractivity contribution in [1.82, 2.24) is 15.3 Å². The van der Waals surface area contributed by atoms with E-state index < -0.39 is 0 Å². The fraction of sp³-hybridized carbons (Fsp3) is 0.500. The van der Waals surface area contributed by atoms with Crippen LogP contribution in [0.25, 0.3) is 0 Å². The minimum absolute atomic E-state index is 0.218. The molecule has 1 aromatic rings. The Morgan fingerprint density at radius 3 is 2.73 bits per heavy atom. The molecule has 1 amide bonds. The molecule has 0 aliphatic carbocycles. The molecular weight excluding hydrogens is 192 g/mol. The van der Waals surface area contributed by atoms with Crippen LogP contribution in [0.2, 0.25) is 0 Å². The number of nitrogens with zero attached hydrogens (tertiary/aromatic N) is 2. The summed E-state index contributed by atoms with van der Waals surface area (Å²) in [7, 11) is 3.30. The molecule has 0 saturated carbocycles. The van der Waals surface area contributed by atoms with Crippen LogP contribution in [-0.2, 0) is 6.42 Å². The van der Waals surface area contributed by atoms with Crippen LogP contribution in [0.15, 0.2) is 6.20 Å². The monoisotopic (exact) mass is 208 g/mol. The number of nitrogens with one attached hydrogen (secondary N) is 2. The summed E-state index contributed by atoms with van der Waals surface area (Å²) < 4.78 is 0. The van der Waals surface area contributed by atoms with Crippen molar-refractivity contribution in [2.24, 2.45) is 0 Å². The van der Waals surface area contributed by atoms with Crippen LogP contribution in [0, 0.1) is 0 Å². The maximum Gasteiger partial charge on any atom is 0.273 e. The van der Waals surface area contributed by atoms with Gasteiger partial charge in [0.2, 0.25) is 0 Å². The van der Waals surface area contributed by atoms with Gasteiger partial charge < -0.3 is 10.6 Å². The highest BCUT2D eigenvalue weighted by Gasteiger charge is 2.12. The number of hydrogen-bond donors (Lipinski definition) is 2. The smallest absolute Gasteiger partial charge is 0.273 e. The maximum absolute atomic E-state index is 11.5. The van der Waals surface area contributed by atoms with Crippen LogP contribution in [0.4, 0.5) is 5.82 Å². The Morgan fingerprint density at radius 2 is 2.20 bits per heavy atom. The van der Waals surface area contributed by atoms with Crippen LogP contribution in [0.3, 0.4) is 0 Å². The molecule has 0 unspecified atom stereocenters. The number of rotatable bonds is 4. The van der Waals surface area contributed by atoms with Crippen LogP contribution in [0.1, 0.15) is 29.5 Å². The first-order chi connectivity index (χ1) is 7.22. The molecule has 0 aromatic carbocycles. The molecule has 15 heavy (non-hydrogen) atoms. The van der Waals surface area contributed by atoms with Gasteiger partial charge in [0.25, 0.3) is 5.91 Å². The lowest BCUT2D eigenvalue weighted by atomic mass is 10.2. The average Bonchev–Trinajstić information content (AvgIpc) is 2.28. The average molecular weight is 208 g/mol. The Labute approximate surface area is 89.3 Å². The molecule has 1 aromatic heterocycles. The highest BCUT2D eigenvalue weighted by atomic mass is 16.1. The van der Waals surface area contributed by atoms with Crippen LogP contribution < -0.4 is 10.6 Å². The second-order valence-corrected chi connectivity index (χ2v) is 3.14. The topological polar surface area (TPSA) is 66.9 Å². The van der Waals surface area contributed by atoms with Gasteiger partial charge in [0, 0.05) is 14.1 Å².